The monoisotopic (exact) mass is 377 g/mol. The van der Waals surface area contributed by atoms with Crippen LogP contribution in [0.15, 0.2) is 30.5 Å². The Morgan fingerprint density at radius 2 is 1.85 bits per heavy atom. The maximum atomic E-state index is 13.0. The highest BCUT2D eigenvalue weighted by Crippen LogP contribution is 2.22. The summed E-state index contributed by atoms with van der Waals surface area (Å²) in [6.07, 6.45) is 1.59. The molecule has 0 saturated heterocycles. The summed E-state index contributed by atoms with van der Waals surface area (Å²) >= 11 is 0. The molecule has 2 amide bonds. The predicted molar refractivity (Wildman–Crippen MR) is 99.6 cm³/mol. The lowest BCUT2D eigenvalue weighted by Gasteiger charge is -2.10. The average molecular weight is 377 g/mol. The second-order valence-electron chi connectivity index (χ2n) is 6.23. The molecule has 0 aliphatic rings. The third kappa shape index (κ3) is 6.46. The normalized spacial score (nSPS) is 10.9. The summed E-state index contributed by atoms with van der Waals surface area (Å²) in [5.41, 5.74) is 1.50. The largest absolute Gasteiger partial charge is 0.362 e. The minimum absolute atomic E-state index is 0.192. The van der Waals surface area contributed by atoms with Crippen LogP contribution >= 0.6 is 0 Å². The number of nitrogens with one attached hydrogen (secondary N) is 2. The van der Waals surface area contributed by atoms with Gasteiger partial charge in [0, 0.05) is 25.7 Å². The van der Waals surface area contributed by atoms with Gasteiger partial charge in [-0.3, -0.25) is 14.9 Å². The van der Waals surface area contributed by atoms with Crippen LogP contribution in [0.4, 0.5) is 10.3 Å². The zero-order valence-corrected chi connectivity index (χ0v) is 15.7. The van der Waals surface area contributed by atoms with Crippen LogP contribution in [0, 0.1) is 5.82 Å². The second kappa shape index (κ2) is 9.79. The molecule has 146 valence electrons. The van der Waals surface area contributed by atoms with E-state index >= 15 is 0 Å². The molecule has 2 aromatic rings. The van der Waals surface area contributed by atoms with Crippen LogP contribution in [-0.4, -0.2) is 66.7 Å². The maximum absolute atomic E-state index is 13.0. The van der Waals surface area contributed by atoms with Crippen LogP contribution in [0.1, 0.15) is 0 Å². The Morgan fingerprint density at radius 3 is 2.52 bits per heavy atom. The number of anilines is 1. The number of likely N-dealkylation sites (N-methyl/N-ethyl adjacent to an activating group) is 1. The third-order valence-corrected chi connectivity index (χ3v) is 3.73. The Kier molecular flexibility index (Phi) is 7.44. The molecule has 0 fully saturated rings. The molecule has 2 N–H and O–H groups in total. The van der Waals surface area contributed by atoms with E-state index in [2.05, 4.69) is 15.6 Å². The number of ether oxygens (including phenoxy) is 1. The lowest BCUT2D eigenvalue weighted by Crippen LogP contribution is -2.34. The van der Waals surface area contributed by atoms with Crippen molar-refractivity contribution in [3.63, 3.8) is 0 Å². The number of rotatable bonds is 9. The Morgan fingerprint density at radius 1 is 1.19 bits per heavy atom. The van der Waals surface area contributed by atoms with Crippen LogP contribution in [-0.2, 0) is 21.4 Å². The molecule has 0 aliphatic carbocycles. The topological polar surface area (TPSA) is 88.5 Å². The van der Waals surface area contributed by atoms with Crippen LogP contribution in [0.2, 0.25) is 0 Å². The maximum Gasteiger partial charge on any atom is 0.252 e. The summed E-state index contributed by atoms with van der Waals surface area (Å²) in [6.45, 7) is 0.782. The fraction of sp³-hybridized carbons (Fsp3) is 0.389. The second-order valence-corrected chi connectivity index (χ2v) is 6.23. The number of carbonyl (C=O) groups excluding carboxylic acids is 2. The van der Waals surface area contributed by atoms with Gasteiger partial charge in [-0.2, -0.15) is 0 Å². The molecule has 1 aromatic carbocycles. The highest BCUT2D eigenvalue weighted by atomic mass is 19.1. The van der Waals surface area contributed by atoms with E-state index < -0.39 is 5.91 Å². The first-order valence-corrected chi connectivity index (χ1v) is 8.43. The first-order chi connectivity index (χ1) is 12.9. The molecule has 0 bridgehead atoms. The van der Waals surface area contributed by atoms with E-state index in [-0.39, 0.29) is 24.9 Å². The molecule has 27 heavy (non-hydrogen) atoms. The number of aromatic nitrogens is 2. The molecule has 2 rings (SSSR count). The van der Waals surface area contributed by atoms with Crippen molar-refractivity contribution < 1.29 is 18.7 Å². The van der Waals surface area contributed by atoms with Gasteiger partial charge < -0.3 is 19.5 Å². The predicted octanol–water partition coefficient (Wildman–Crippen LogP) is 0.859. The molecule has 0 spiro atoms. The van der Waals surface area contributed by atoms with Crippen LogP contribution in [0.25, 0.3) is 11.3 Å². The number of nitrogens with zero attached hydrogens (tertiary/aromatic N) is 3. The Bertz CT molecular complexity index is 774. The van der Waals surface area contributed by atoms with Crippen molar-refractivity contribution in [1.29, 1.82) is 0 Å². The van der Waals surface area contributed by atoms with Gasteiger partial charge in [0.15, 0.2) is 0 Å². The standard InChI is InChI=1S/C18H24FN5O3/c1-23(2)9-8-20-16(25)11-27-12-17(26)22-18-21-10-15(24(18)3)13-4-6-14(19)7-5-13/h4-7,10H,8-9,11-12H2,1-3H3,(H,20,25)(H,21,22,26). The first kappa shape index (κ1) is 20.5. The summed E-state index contributed by atoms with van der Waals surface area (Å²) in [7, 11) is 5.55. The molecule has 0 unspecified atom stereocenters. The Hall–Kier alpha value is -2.78. The lowest BCUT2D eigenvalue weighted by atomic mass is 10.2. The molecule has 1 heterocycles. The molecule has 9 heteroatoms. The van der Waals surface area contributed by atoms with Crippen molar-refractivity contribution in [2.45, 2.75) is 0 Å². The van der Waals surface area contributed by atoms with Gasteiger partial charge >= 0.3 is 0 Å². The van der Waals surface area contributed by atoms with Gasteiger partial charge in [0.05, 0.1) is 11.9 Å². The third-order valence-electron chi connectivity index (χ3n) is 3.73. The zero-order chi connectivity index (χ0) is 19.8. The molecule has 0 saturated carbocycles. The van der Waals surface area contributed by atoms with E-state index in [1.165, 1.54) is 12.1 Å². The van der Waals surface area contributed by atoms with Gasteiger partial charge in [-0.25, -0.2) is 9.37 Å². The van der Waals surface area contributed by atoms with Crippen LogP contribution < -0.4 is 10.6 Å². The van der Waals surface area contributed by atoms with Gasteiger partial charge in [0.2, 0.25) is 11.9 Å². The number of carbonyl (C=O) groups is 2. The van der Waals surface area contributed by atoms with Crippen LogP contribution in [0.3, 0.4) is 0 Å². The van der Waals surface area contributed by atoms with E-state index in [1.807, 2.05) is 19.0 Å². The minimum Gasteiger partial charge on any atom is -0.362 e. The van der Waals surface area contributed by atoms with Crippen molar-refractivity contribution in [1.82, 2.24) is 19.8 Å². The van der Waals surface area contributed by atoms with E-state index in [4.69, 9.17) is 4.74 Å². The molecule has 0 atom stereocenters. The highest BCUT2D eigenvalue weighted by Gasteiger charge is 2.12. The van der Waals surface area contributed by atoms with E-state index in [0.29, 0.717) is 12.5 Å². The highest BCUT2D eigenvalue weighted by molar-refractivity contribution is 5.90. The fourth-order valence-corrected chi connectivity index (χ4v) is 2.28. The summed E-state index contributed by atoms with van der Waals surface area (Å²) in [5, 5.41) is 5.31. The van der Waals surface area contributed by atoms with Crippen molar-refractivity contribution in [2.75, 3.05) is 45.7 Å². The summed E-state index contributed by atoms with van der Waals surface area (Å²) in [4.78, 5) is 29.6. The molecule has 0 aliphatic heterocycles. The van der Waals surface area contributed by atoms with Crippen molar-refractivity contribution in [3.8, 4) is 11.3 Å². The zero-order valence-electron chi connectivity index (χ0n) is 15.7. The first-order valence-electron chi connectivity index (χ1n) is 8.43. The van der Waals surface area contributed by atoms with Crippen LogP contribution in [0.5, 0.6) is 0 Å². The quantitative estimate of drug-likeness (QED) is 0.677. The van der Waals surface area contributed by atoms with E-state index in [0.717, 1.165) is 17.8 Å². The molecular formula is C18H24FN5O3. The number of halogens is 1. The summed E-state index contributed by atoms with van der Waals surface area (Å²) in [5.74, 6) is -0.689. The van der Waals surface area contributed by atoms with E-state index in [9.17, 15) is 14.0 Å². The average Bonchev–Trinajstić information content (AvgIpc) is 2.96. The smallest absolute Gasteiger partial charge is 0.252 e. The van der Waals surface area contributed by atoms with Crippen molar-refractivity contribution in [2.24, 2.45) is 7.05 Å². The van der Waals surface area contributed by atoms with Gasteiger partial charge in [-0.05, 0) is 38.4 Å². The lowest BCUT2D eigenvalue weighted by molar-refractivity contribution is -0.128. The Balaban J connectivity index is 1.79. The number of hydrogen-bond donors (Lipinski definition) is 2. The Labute approximate surface area is 157 Å². The number of hydrogen-bond acceptors (Lipinski definition) is 5. The molecule has 1 aromatic heterocycles. The summed E-state index contributed by atoms with van der Waals surface area (Å²) < 4.78 is 19.8. The number of imidazole rings is 1. The summed E-state index contributed by atoms with van der Waals surface area (Å²) in [6, 6.07) is 5.99. The fourth-order valence-electron chi connectivity index (χ4n) is 2.28. The molecule has 0 radical (unpaired) electrons. The van der Waals surface area contributed by atoms with Gasteiger partial charge in [0.1, 0.15) is 19.0 Å². The van der Waals surface area contributed by atoms with Gasteiger partial charge in [0.25, 0.3) is 5.91 Å². The van der Waals surface area contributed by atoms with Crippen molar-refractivity contribution in [3.05, 3.63) is 36.3 Å². The molecule has 8 nitrogen and oxygen atoms in total. The van der Waals surface area contributed by atoms with E-state index in [1.54, 1.807) is 29.9 Å². The SMILES string of the molecule is CN(C)CCNC(=O)COCC(=O)Nc1ncc(-c2ccc(F)cc2)n1C. The van der Waals surface area contributed by atoms with Gasteiger partial charge in [-0.15, -0.1) is 0 Å². The minimum atomic E-state index is -0.421. The number of benzene rings is 1. The van der Waals surface area contributed by atoms with Gasteiger partial charge in [-0.1, -0.05) is 0 Å². The van der Waals surface area contributed by atoms with Crippen molar-refractivity contribution >= 4 is 17.8 Å². The molecular weight excluding hydrogens is 353 g/mol. The number of amides is 2.